The Labute approximate surface area is 94.1 Å². The maximum atomic E-state index is 11.3. The zero-order chi connectivity index (χ0) is 11.3. The maximum absolute atomic E-state index is 11.3. The van der Waals surface area contributed by atoms with Crippen molar-refractivity contribution in [2.45, 2.75) is 32.9 Å². The highest BCUT2D eigenvalue weighted by molar-refractivity contribution is 7.09. The van der Waals surface area contributed by atoms with Crippen LogP contribution in [0, 0.1) is 0 Å². The topological polar surface area (TPSA) is 54.0 Å². The fourth-order valence-corrected chi connectivity index (χ4v) is 1.81. The Balaban J connectivity index is 2.28. The van der Waals surface area contributed by atoms with E-state index in [4.69, 9.17) is 0 Å². The van der Waals surface area contributed by atoms with Gasteiger partial charge in [0.1, 0.15) is 0 Å². The van der Waals surface area contributed by atoms with Crippen LogP contribution in [0.3, 0.4) is 0 Å². The molecule has 0 fully saturated rings. The second kappa shape index (κ2) is 5.82. The van der Waals surface area contributed by atoms with Gasteiger partial charge in [-0.1, -0.05) is 0 Å². The number of nitrogens with one attached hydrogen (secondary N) is 2. The van der Waals surface area contributed by atoms with Gasteiger partial charge in [0.05, 0.1) is 12.1 Å². The third kappa shape index (κ3) is 4.40. The van der Waals surface area contributed by atoms with Gasteiger partial charge in [0.2, 0.25) is 5.91 Å². The monoisotopic (exact) mass is 227 g/mol. The maximum Gasteiger partial charge on any atom is 0.234 e. The van der Waals surface area contributed by atoms with Crippen molar-refractivity contribution in [1.82, 2.24) is 15.6 Å². The molecule has 0 saturated carbocycles. The summed E-state index contributed by atoms with van der Waals surface area (Å²) in [5.41, 5.74) is 1.79. The number of carbonyl (C=O) groups excluding carboxylic acids is 1. The van der Waals surface area contributed by atoms with Crippen LogP contribution in [0.2, 0.25) is 0 Å². The highest BCUT2D eigenvalue weighted by Crippen LogP contribution is 2.15. The van der Waals surface area contributed by atoms with Crippen LogP contribution in [0.1, 0.15) is 31.7 Å². The summed E-state index contributed by atoms with van der Waals surface area (Å²) < 4.78 is 0. The molecular weight excluding hydrogens is 210 g/mol. The van der Waals surface area contributed by atoms with Gasteiger partial charge in [-0.05, 0) is 20.8 Å². The molecule has 0 aromatic carbocycles. The van der Waals surface area contributed by atoms with E-state index in [1.54, 1.807) is 16.8 Å². The number of amides is 1. The molecule has 2 N–H and O–H groups in total. The van der Waals surface area contributed by atoms with Crippen LogP contribution in [0.25, 0.3) is 0 Å². The van der Waals surface area contributed by atoms with Gasteiger partial charge in [-0.25, -0.2) is 0 Å². The summed E-state index contributed by atoms with van der Waals surface area (Å²) in [7, 11) is 0. The molecule has 0 aliphatic rings. The van der Waals surface area contributed by atoms with E-state index in [-0.39, 0.29) is 18.0 Å². The molecule has 0 aliphatic carbocycles. The average Bonchev–Trinajstić information content (AvgIpc) is 2.65. The lowest BCUT2D eigenvalue weighted by molar-refractivity contribution is -0.120. The Bertz CT molecular complexity index is 298. The Morgan fingerprint density at radius 1 is 1.53 bits per heavy atom. The molecule has 0 saturated heterocycles. The molecule has 15 heavy (non-hydrogen) atoms. The number of aromatic nitrogens is 1. The number of hydrogen-bond acceptors (Lipinski definition) is 4. The summed E-state index contributed by atoms with van der Waals surface area (Å²) >= 11 is 1.59. The minimum atomic E-state index is 0.0290. The molecule has 1 unspecified atom stereocenters. The van der Waals surface area contributed by atoms with Crippen molar-refractivity contribution in [3.63, 3.8) is 0 Å². The Morgan fingerprint density at radius 2 is 2.27 bits per heavy atom. The summed E-state index contributed by atoms with van der Waals surface area (Å²) in [6.07, 6.45) is 1.82. The number of thiazole rings is 1. The molecular formula is C10H17N3OS. The van der Waals surface area contributed by atoms with E-state index >= 15 is 0 Å². The van der Waals surface area contributed by atoms with Gasteiger partial charge in [0.15, 0.2) is 0 Å². The van der Waals surface area contributed by atoms with E-state index in [1.807, 2.05) is 27.0 Å². The SMILES string of the molecule is CC(C)NC(=O)CNC(C)c1cncs1. The molecule has 0 spiro atoms. The minimum Gasteiger partial charge on any atom is -0.353 e. The molecule has 1 rings (SSSR count). The van der Waals surface area contributed by atoms with Crippen LogP contribution in [0.4, 0.5) is 0 Å². The standard InChI is InChI=1S/C10H17N3OS/c1-7(2)13-10(14)5-12-8(3)9-4-11-6-15-9/h4,6-8,12H,5H2,1-3H3,(H,13,14). The molecule has 0 bridgehead atoms. The Kier molecular flexibility index (Phi) is 4.71. The summed E-state index contributed by atoms with van der Waals surface area (Å²) in [5.74, 6) is 0.0290. The van der Waals surface area contributed by atoms with Gasteiger partial charge in [0, 0.05) is 23.2 Å². The minimum absolute atomic E-state index is 0.0290. The third-order valence-electron chi connectivity index (χ3n) is 1.90. The van der Waals surface area contributed by atoms with Gasteiger partial charge in [-0.2, -0.15) is 0 Å². The Morgan fingerprint density at radius 3 is 2.80 bits per heavy atom. The first-order valence-corrected chi connectivity index (χ1v) is 5.88. The van der Waals surface area contributed by atoms with Gasteiger partial charge >= 0.3 is 0 Å². The first-order chi connectivity index (χ1) is 7.09. The first kappa shape index (κ1) is 12.1. The fraction of sp³-hybridized carbons (Fsp3) is 0.600. The second-order valence-corrected chi connectivity index (χ2v) is 4.65. The van der Waals surface area contributed by atoms with E-state index in [0.29, 0.717) is 6.54 Å². The number of nitrogens with zero attached hydrogens (tertiary/aromatic N) is 1. The molecule has 1 aromatic rings. The van der Waals surface area contributed by atoms with E-state index in [1.165, 1.54) is 0 Å². The second-order valence-electron chi connectivity index (χ2n) is 3.73. The van der Waals surface area contributed by atoms with Crippen LogP contribution < -0.4 is 10.6 Å². The molecule has 5 heteroatoms. The molecule has 1 heterocycles. The zero-order valence-electron chi connectivity index (χ0n) is 9.28. The van der Waals surface area contributed by atoms with Crippen LogP contribution >= 0.6 is 11.3 Å². The third-order valence-corrected chi connectivity index (χ3v) is 2.85. The van der Waals surface area contributed by atoms with E-state index < -0.39 is 0 Å². The summed E-state index contributed by atoms with van der Waals surface area (Å²) in [6.45, 7) is 6.27. The summed E-state index contributed by atoms with van der Waals surface area (Å²) in [4.78, 5) is 16.5. The van der Waals surface area contributed by atoms with Crippen molar-refractivity contribution in [2.75, 3.05) is 6.54 Å². The van der Waals surface area contributed by atoms with E-state index in [9.17, 15) is 4.79 Å². The molecule has 1 atom stereocenters. The average molecular weight is 227 g/mol. The first-order valence-electron chi connectivity index (χ1n) is 5.00. The molecule has 84 valence electrons. The van der Waals surface area contributed by atoms with Gasteiger partial charge < -0.3 is 10.6 Å². The predicted molar refractivity (Wildman–Crippen MR) is 61.8 cm³/mol. The number of rotatable bonds is 5. The van der Waals surface area contributed by atoms with Crippen molar-refractivity contribution in [3.05, 3.63) is 16.6 Å². The summed E-state index contributed by atoms with van der Waals surface area (Å²) in [6, 6.07) is 0.369. The van der Waals surface area contributed by atoms with E-state index in [2.05, 4.69) is 15.6 Å². The predicted octanol–water partition coefficient (Wildman–Crippen LogP) is 1.32. The van der Waals surface area contributed by atoms with Crippen molar-refractivity contribution in [1.29, 1.82) is 0 Å². The van der Waals surface area contributed by atoms with Gasteiger partial charge in [-0.3, -0.25) is 9.78 Å². The molecule has 1 aromatic heterocycles. The van der Waals surface area contributed by atoms with Crippen molar-refractivity contribution < 1.29 is 4.79 Å². The zero-order valence-corrected chi connectivity index (χ0v) is 10.1. The number of hydrogen-bond donors (Lipinski definition) is 2. The molecule has 0 radical (unpaired) electrons. The van der Waals surface area contributed by atoms with Gasteiger partial charge in [0.25, 0.3) is 0 Å². The quantitative estimate of drug-likeness (QED) is 0.797. The Hall–Kier alpha value is -0.940. The smallest absolute Gasteiger partial charge is 0.234 e. The lowest BCUT2D eigenvalue weighted by Gasteiger charge is -2.13. The van der Waals surface area contributed by atoms with Crippen LogP contribution in [0.5, 0.6) is 0 Å². The van der Waals surface area contributed by atoms with Crippen LogP contribution in [-0.2, 0) is 4.79 Å². The fourth-order valence-electron chi connectivity index (χ4n) is 1.16. The largest absolute Gasteiger partial charge is 0.353 e. The molecule has 0 aliphatic heterocycles. The normalized spacial score (nSPS) is 12.8. The van der Waals surface area contributed by atoms with Crippen molar-refractivity contribution >= 4 is 17.2 Å². The van der Waals surface area contributed by atoms with E-state index in [0.717, 1.165) is 4.88 Å². The van der Waals surface area contributed by atoms with Gasteiger partial charge in [-0.15, -0.1) is 11.3 Å². The lowest BCUT2D eigenvalue weighted by Crippen LogP contribution is -2.38. The van der Waals surface area contributed by atoms with Crippen molar-refractivity contribution in [2.24, 2.45) is 0 Å². The van der Waals surface area contributed by atoms with Crippen LogP contribution in [0.15, 0.2) is 11.7 Å². The molecule has 4 nitrogen and oxygen atoms in total. The number of carbonyl (C=O) groups is 1. The lowest BCUT2D eigenvalue weighted by atomic mass is 10.3. The highest BCUT2D eigenvalue weighted by Gasteiger charge is 2.09. The summed E-state index contributed by atoms with van der Waals surface area (Å²) in [5, 5.41) is 5.98. The van der Waals surface area contributed by atoms with Crippen molar-refractivity contribution in [3.8, 4) is 0 Å². The highest BCUT2D eigenvalue weighted by atomic mass is 32.1. The molecule has 1 amide bonds. The van der Waals surface area contributed by atoms with Crippen LogP contribution in [-0.4, -0.2) is 23.5 Å².